The SMILES string of the molecule is CC(C)C(=O)N(C(=O)C(C)C)c1cc(-c2c(-c3ccccc3)nn3c2NCCC3)ccn1. The molecule has 3 aromatic rings. The van der Waals surface area contributed by atoms with Gasteiger partial charge in [-0.2, -0.15) is 5.10 Å². The number of hydrogen-bond donors (Lipinski definition) is 1. The van der Waals surface area contributed by atoms with Crippen LogP contribution in [0.1, 0.15) is 34.1 Å². The third kappa shape index (κ3) is 4.02. The molecule has 0 aliphatic carbocycles. The lowest BCUT2D eigenvalue weighted by molar-refractivity contribution is -0.129. The summed E-state index contributed by atoms with van der Waals surface area (Å²) in [5.74, 6) is 0.125. The van der Waals surface area contributed by atoms with Gasteiger partial charge in [0.1, 0.15) is 17.3 Å². The first-order valence-corrected chi connectivity index (χ1v) is 11.1. The highest BCUT2D eigenvalue weighted by Crippen LogP contribution is 2.39. The number of pyridine rings is 1. The van der Waals surface area contributed by atoms with Crippen LogP contribution in [0.2, 0.25) is 0 Å². The number of nitrogens with zero attached hydrogens (tertiary/aromatic N) is 4. The van der Waals surface area contributed by atoms with Gasteiger partial charge in [0.2, 0.25) is 11.8 Å². The van der Waals surface area contributed by atoms with Gasteiger partial charge in [0.15, 0.2) is 0 Å². The summed E-state index contributed by atoms with van der Waals surface area (Å²) < 4.78 is 2.00. The first-order chi connectivity index (χ1) is 15.4. The van der Waals surface area contributed by atoms with Gasteiger partial charge >= 0.3 is 0 Å². The van der Waals surface area contributed by atoms with Crippen molar-refractivity contribution in [1.29, 1.82) is 0 Å². The van der Waals surface area contributed by atoms with Crippen LogP contribution in [-0.2, 0) is 16.1 Å². The maximum absolute atomic E-state index is 12.9. The summed E-state index contributed by atoms with van der Waals surface area (Å²) in [6.07, 6.45) is 2.66. The van der Waals surface area contributed by atoms with Crippen LogP contribution >= 0.6 is 0 Å². The number of rotatable bonds is 5. The molecule has 0 spiro atoms. The Kier molecular flexibility index (Phi) is 6.08. The molecule has 3 heterocycles. The Hall–Kier alpha value is -3.48. The van der Waals surface area contributed by atoms with Crippen LogP contribution in [-0.4, -0.2) is 33.1 Å². The predicted molar refractivity (Wildman–Crippen MR) is 126 cm³/mol. The molecular formula is C25H29N5O2. The van der Waals surface area contributed by atoms with E-state index in [0.29, 0.717) is 5.82 Å². The van der Waals surface area contributed by atoms with Gasteiger partial charge in [-0.1, -0.05) is 58.0 Å². The molecule has 1 aliphatic heterocycles. The first-order valence-electron chi connectivity index (χ1n) is 11.1. The molecule has 0 atom stereocenters. The van der Waals surface area contributed by atoms with E-state index in [2.05, 4.69) is 10.3 Å². The Morgan fingerprint density at radius 1 is 1.00 bits per heavy atom. The molecule has 0 unspecified atom stereocenters. The van der Waals surface area contributed by atoms with Gasteiger partial charge < -0.3 is 5.32 Å². The second-order valence-electron chi connectivity index (χ2n) is 8.67. The number of hydrogen-bond acceptors (Lipinski definition) is 5. The standard InChI is InChI=1S/C25H29N5O2/c1-16(2)24(31)30(25(32)17(3)4)20-15-19(11-13-26-20)21-22(18-9-6-5-7-10-18)28-29-14-8-12-27-23(21)29/h5-7,9-11,13,15-17,27H,8,12,14H2,1-4H3. The summed E-state index contributed by atoms with van der Waals surface area (Å²) >= 11 is 0. The molecule has 7 heteroatoms. The molecule has 0 fully saturated rings. The predicted octanol–water partition coefficient (Wildman–Crippen LogP) is 4.60. The van der Waals surface area contributed by atoms with Gasteiger partial charge in [-0.3, -0.25) is 9.59 Å². The van der Waals surface area contributed by atoms with Crippen molar-refractivity contribution in [3.05, 3.63) is 48.7 Å². The molecule has 32 heavy (non-hydrogen) atoms. The van der Waals surface area contributed by atoms with Gasteiger partial charge in [0.25, 0.3) is 0 Å². The average molecular weight is 432 g/mol. The number of imide groups is 1. The maximum atomic E-state index is 12.9. The summed E-state index contributed by atoms with van der Waals surface area (Å²) in [5.41, 5.74) is 3.69. The first kappa shape index (κ1) is 21.7. The minimum atomic E-state index is -0.325. The number of nitrogens with one attached hydrogen (secondary N) is 1. The monoisotopic (exact) mass is 431 g/mol. The summed E-state index contributed by atoms with van der Waals surface area (Å²) in [6.45, 7) is 8.87. The summed E-state index contributed by atoms with van der Waals surface area (Å²) in [7, 11) is 0. The second kappa shape index (κ2) is 8.94. The zero-order valence-corrected chi connectivity index (χ0v) is 19.0. The Morgan fingerprint density at radius 3 is 2.34 bits per heavy atom. The lowest BCUT2D eigenvalue weighted by Gasteiger charge is -2.24. The topological polar surface area (TPSA) is 80.1 Å². The molecule has 4 rings (SSSR count). The normalized spacial score (nSPS) is 13.1. The maximum Gasteiger partial charge on any atom is 0.237 e. The quantitative estimate of drug-likeness (QED) is 0.639. The van der Waals surface area contributed by atoms with E-state index in [1.165, 1.54) is 4.90 Å². The number of benzene rings is 1. The Bertz CT molecular complexity index is 1110. The van der Waals surface area contributed by atoms with Crippen LogP contribution in [0.4, 0.5) is 11.6 Å². The van der Waals surface area contributed by atoms with Crippen molar-refractivity contribution in [2.24, 2.45) is 11.8 Å². The van der Waals surface area contributed by atoms with E-state index < -0.39 is 0 Å². The van der Waals surface area contributed by atoms with Crippen molar-refractivity contribution in [3.63, 3.8) is 0 Å². The van der Waals surface area contributed by atoms with Gasteiger partial charge in [-0.15, -0.1) is 0 Å². The van der Waals surface area contributed by atoms with Gasteiger partial charge in [0.05, 0.1) is 5.56 Å². The molecule has 166 valence electrons. The number of carbonyl (C=O) groups is 2. The van der Waals surface area contributed by atoms with E-state index >= 15 is 0 Å². The Morgan fingerprint density at radius 2 is 1.69 bits per heavy atom. The molecule has 1 aliphatic rings. The lowest BCUT2D eigenvalue weighted by atomic mass is 10.0. The molecule has 7 nitrogen and oxygen atoms in total. The molecule has 1 N–H and O–H groups in total. The zero-order chi connectivity index (χ0) is 22.8. The lowest BCUT2D eigenvalue weighted by Crippen LogP contribution is -2.42. The molecule has 0 bridgehead atoms. The van der Waals surface area contributed by atoms with Gasteiger partial charge in [-0.25, -0.2) is 14.6 Å². The smallest absolute Gasteiger partial charge is 0.237 e. The fourth-order valence-corrected chi connectivity index (χ4v) is 3.86. The number of carbonyl (C=O) groups excluding carboxylic acids is 2. The van der Waals surface area contributed by atoms with E-state index in [1.54, 1.807) is 33.9 Å². The fourth-order valence-electron chi connectivity index (χ4n) is 3.86. The number of anilines is 2. The third-order valence-electron chi connectivity index (χ3n) is 5.53. The van der Waals surface area contributed by atoms with Crippen LogP contribution in [0.25, 0.3) is 22.4 Å². The highest BCUT2D eigenvalue weighted by atomic mass is 16.2. The van der Waals surface area contributed by atoms with Gasteiger partial charge in [0, 0.05) is 36.7 Å². The average Bonchev–Trinajstić information content (AvgIpc) is 3.19. The van der Waals surface area contributed by atoms with Crippen molar-refractivity contribution >= 4 is 23.5 Å². The second-order valence-corrected chi connectivity index (χ2v) is 8.67. The van der Waals surface area contributed by atoms with Crippen molar-refractivity contribution in [2.75, 3.05) is 16.8 Å². The molecule has 0 radical (unpaired) electrons. The van der Waals surface area contributed by atoms with Crippen molar-refractivity contribution < 1.29 is 9.59 Å². The number of aromatic nitrogens is 3. The Labute approximate surface area is 188 Å². The van der Waals surface area contributed by atoms with E-state index in [1.807, 2.05) is 47.1 Å². The van der Waals surface area contributed by atoms with Crippen molar-refractivity contribution in [3.8, 4) is 22.4 Å². The van der Waals surface area contributed by atoms with E-state index in [4.69, 9.17) is 5.10 Å². The molecule has 1 aromatic carbocycles. The van der Waals surface area contributed by atoms with Crippen LogP contribution in [0, 0.1) is 11.8 Å². The van der Waals surface area contributed by atoms with Crippen molar-refractivity contribution in [2.45, 2.75) is 40.7 Å². The molecule has 0 saturated heterocycles. The van der Waals surface area contributed by atoms with Crippen LogP contribution in [0.3, 0.4) is 0 Å². The number of amides is 2. The fraction of sp³-hybridized carbons (Fsp3) is 0.360. The Balaban J connectivity index is 1.87. The highest BCUT2D eigenvalue weighted by Gasteiger charge is 2.30. The summed E-state index contributed by atoms with van der Waals surface area (Å²) in [6, 6.07) is 13.8. The van der Waals surface area contributed by atoms with E-state index in [-0.39, 0.29) is 23.7 Å². The van der Waals surface area contributed by atoms with Crippen LogP contribution in [0.15, 0.2) is 48.7 Å². The van der Waals surface area contributed by atoms with E-state index in [9.17, 15) is 9.59 Å². The van der Waals surface area contributed by atoms with E-state index in [0.717, 1.165) is 47.7 Å². The molecule has 0 saturated carbocycles. The molecular weight excluding hydrogens is 402 g/mol. The number of aryl methyl sites for hydroxylation is 1. The highest BCUT2D eigenvalue weighted by molar-refractivity contribution is 6.15. The van der Waals surface area contributed by atoms with Crippen LogP contribution in [0.5, 0.6) is 0 Å². The minimum absolute atomic E-state index is 0.258. The minimum Gasteiger partial charge on any atom is -0.370 e. The van der Waals surface area contributed by atoms with Crippen molar-refractivity contribution in [1.82, 2.24) is 14.8 Å². The third-order valence-corrected chi connectivity index (χ3v) is 5.53. The molecule has 2 amide bonds. The van der Waals surface area contributed by atoms with Crippen LogP contribution < -0.4 is 10.2 Å². The van der Waals surface area contributed by atoms with Gasteiger partial charge in [-0.05, 0) is 24.1 Å². The zero-order valence-electron chi connectivity index (χ0n) is 19.0. The summed E-state index contributed by atoms with van der Waals surface area (Å²) in [4.78, 5) is 31.5. The molecule has 2 aromatic heterocycles. The summed E-state index contributed by atoms with van der Waals surface area (Å²) in [5, 5.41) is 8.37. The largest absolute Gasteiger partial charge is 0.370 e. The number of fused-ring (bicyclic) bond motifs is 1.